The number of ether oxygens (including phenoxy) is 1. The van der Waals surface area contributed by atoms with E-state index in [1.807, 2.05) is 0 Å². The summed E-state index contributed by atoms with van der Waals surface area (Å²) in [5.41, 5.74) is 0. The Labute approximate surface area is 220 Å². The average Bonchev–Trinajstić information content (AvgIpc) is 2.71. The average molecular weight is 627 g/mol. The zero-order chi connectivity index (χ0) is 29.8. The fraction of sp³-hybridized carbons (Fsp3) is 0.467. The van der Waals surface area contributed by atoms with Gasteiger partial charge in [-0.05, 0) is 24.3 Å². The number of alkyl halides is 15. The van der Waals surface area contributed by atoms with E-state index < -0.39 is 74.3 Å². The first-order valence-corrected chi connectivity index (χ1v) is 9.60. The minimum atomic E-state index is -8.70. The Morgan fingerprint density at radius 1 is 0.632 bits per heavy atom. The molecule has 4 nitrogen and oxygen atoms in total. The van der Waals surface area contributed by atoms with Crippen molar-refractivity contribution in [3.05, 3.63) is 36.1 Å². The molecule has 38 heavy (non-hydrogen) atoms. The summed E-state index contributed by atoms with van der Waals surface area (Å²) in [5, 5.41) is 0. The maximum atomic E-state index is 13.6. The summed E-state index contributed by atoms with van der Waals surface area (Å²) < 4.78 is 257. The van der Waals surface area contributed by atoms with Gasteiger partial charge in [0.2, 0.25) is 5.83 Å². The fourth-order valence-electron chi connectivity index (χ4n) is 2.06. The minimum absolute atomic E-state index is 0. The standard InChI is InChI=1S/C15H5F17O4S.Na/c16-7(8(17)36-5-1-3-6(4-2-5)37(33,34)35)9(18,19)10(20,21)11(22,23)12(24,25)13(26,27)14(28,29)15(30,31)32;/h1-4H,(H,33,34,35);. The van der Waals surface area contributed by atoms with Gasteiger partial charge < -0.3 is 4.74 Å². The Morgan fingerprint density at radius 2 is 0.974 bits per heavy atom. The molecule has 0 bridgehead atoms. The molecule has 1 rings (SSSR count). The Kier molecular flexibility index (Phi) is 10.0. The molecule has 0 amide bonds. The van der Waals surface area contributed by atoms with Gasteiger partial charge in [0, 0.05) is 29.6 Å². The van der Waals surface area contributed by atoms with Crippen LogP contribution in [0.1, 0.15) is 0 Å². The van der Waals surface area contributed by atoms with Gasteiger partial charge in [-0.15, -0.1) is 0 Å². The molecular formula is C15H5F17NaO4S. The van der Waals surface area contributed by atoms with Crippen LogP contribution in [-0.4, -0.2) is 84.2 Å². The van der Waals surface area contributed by atoms with Gasteiger partial charge in [-0.25, -0.2) is 0 Å². The molecule has 215 valence electrons. The van der Waals surface area contributed by atoms with Crippen molar-refractivity contribution in [3.63, 3.8) is 0 Å². The molecule has 0 aromatic heterocycles. The molecule has 1 N–H and O–H groups in total. The van der Waals surface area contributed by atoms with E-state index in [9.17, 15) is 83.1 Å². The minimum Gasteiger partial charge on any atom is -0.430 e. The molecule has 0 unspecified atom stereocenters. The number of hydrogen-bond donors (Lipinski definition) is 1. The van der Waals surface area contributed by atoms with Gasteiger partial charge in [0.05, 0.1) is 4.90 Å². The number of allylic oxidation sites excluding steroid dienone is 1. The summed E-state index contributed by atoms with van der Waals surface area (Å²) in [4.78, 5) is -1.03. The van der Waals surface area contributed by atoms with Crippen molar-refractivity contribution < 1.29 is 92.3 Å². The Hall–Kier alpha value is -1.52. The van der Waals surface area contributed by atoms with E-state index in [1.54, 1.807) is 0 Å². The van der Waals surface area contributed by atoms with Crippen molar-refractivity contribution in [2.45, 2.75) is 46.6 Å². The van der Waals surface area contributed by atoms with E-state index in [1.165, 1.54) is 0 Å². The summed E-state index contributed by atoms with van der Waals surface area (Å²) in [6.07, 6.45) is -7.83. The van der Waals surface area contributed by atoms with Gasteiger partial charge in [0.15, 0.2) is 0 Å². The topological polar surface area (TPSA) is 63.6 Å². The first-order valence-electron chi connectivity index (χ1n) is 8.16. The summed E-state index contributed by atoms with van der Waals surface area (Å²) in [6.45, 7) is 0. The molecule has 0 saturated heterocycles. The molecule has 1 aromatic rings. The Morgan fingerprint density at radius 3 is 1.32 bits per heavy atom. The normalized spacial score (nSPS) is 15.5. The van der Waals surface area contributed by atoms with Gasteiger partial charge in [-0.3, -0.25) is 4.55 Å². The SMILES string of the molecule is O=S(=O)(O)c1ccc(OC(F)=C(F)C(F)(F)C(F)(F)C(F)(F)C(F)(F)C(F)(F)C(F)(F)C(F)(F)F)cc1.[Na]. The van der Waals surface area contributed by atoms with Gasteiger partial charge >= 0.3 is 47.7 Å². The van der Waals surface area contributed by atoms with E-state index in [2.05, 4.69) is 4.74 Å². The third kappa shape index (κ3) is 5.68. The van der Waals surface area contributed by atoms with Crippen molar-refractivity contribution in [2.75, 3.05) is 0 Å². The van der Waals surface area contributed by atoms with E-state index in [0.29, 0.717) is 0 Å². The van der Waals surface area contributed by atoms with Crippen molar-refractivity contribution in [1.29, 1.82) is 0 Å². The van der Waals surface area contributed by atoms with Crippen LogP contribution in [0.5, 0.6) is 5.75 Å². The second kappa shape index (κ2) is 10.5. The Bertz CT molecular complexity index is 1140. The first-order chi connectivity index (χ1) is 16.0. The van der Waals surface area contributed by atoms with Crippen LogP contribution in [-0.2, 0) is 10.1 Å². The number of hydrogen-bond acceptors (Lipinski definition) is 3. The second-order valence-corrected chi connectivity index (χ2v) is 8.00. The quantitative estimate of drug-likeness (QED) is 0.149. The van der Waals surface area contributed by atoms with Gasteiger partial charge in [-0.2, -0.15) is 83.1 Å². The predicted octanol–water partition coefficient (Wildman–Crippen LogP) is 6.41. The molecule has 23 heteroatoms. The van der Waals surface area contributed by atoms with Crippen LogP contribution in [0.15, 0.2) is 41.0 Å². The monoisotopic (exact) mass is 627 g/mol. The number of rotatable bonds is 9. The maximum Gasteiger partial charge on any atom is 0.460 e. The molecule has 1 radical (unpaired) electrons. The molecular weight excluding hydrogens is 622 g/mol. The molecule has 0 aliphatic heterocycles. The van der Waals surface area contributed by atoms with Crippen LogP contribution in [0.2, 0.25) is 0 Å². The molecule has 0 aliphatic rings. The summed E-state index contributed by atoms with van der Waals surface area (Å²) in [6, 6.07) is -2.82. The van der Waals surface area contributed by atoms with E-state index in [4.69, 9.17) is 4.55 Å². The first kappa shape index (κ1) is 36.5. The zero-order valence-electron chi connectivity index (χ0n) is 17.3. The van der Waals surface area contributed by atoms with Crippen LogP contribution >= 0.6 is 0 Å². The Balaban J connectivity index is 0.0000137. The molecule has 0 aliphatic carbocycles. The van der Waals surface area contributed by atoms with E-state index >= 15 is 0 Å². The van der Waals surface area contributed by atoms with Crippen molar-refractivity contribution in [3.8, 4) is 5.75 Å². The molecule has 0 spiro atoms. The predicted molar refractivity (Wildman–Crippen MR) is 87.6 cm³/mol. The van der Waals surface area contributed by atoms with Gasteiger partial charge in [0.1, 0.15) is 5.75 Å². The molecule has 0 heterocycles. The van der Waals surface area contributed by atoms with E-state index in [0.717, 1.165) is 0 Å². The summed E-state index contributed by atoms with van der Waals surface area (Å²) in [7, 11) is -4.96. The maximum absolute atomic E-state index is 13.6. The van der Waals surface area contributed by atoms with Crippen molar-refractivity contribution >= 4 is 39.7 Å². The zero-order valence-corrected chi connectivity index (χ0v) is 20.1. The van der Waals surface area contributed by atoms with Crippen LogP contribution in [0.3, 0.4) is 0 Å². The summed E-state index contributed by atoms with van der Waals surface area (Å²) >= 11 is 0. The van der Waals surface area contributed by atoms with Crippen LogP contribution in [0.4, 0.5) is 74.6 Å². The van der Waals surface area contributed by atoms with Crippen LogP contribution < -0.4 is 4.74 Å². The molecule has 0 fully saturated rings. The number of halogens is 17. The van der Waals surface area contributed by atoms with E-state index in [-0.39, 0.29) is 53.8 Å². The molecule has 0 atom stereocenters. The molecule has 1 aromatic carbocycles. The third-order valence-electron chi connectivity index (χ3n) is 4.11. The van der Waals surface area contributed by atoms with Crippen LogP contribution in [0.25, 0.3) is 0 Å². The van der Waals surface area contributed by atoms with Crippen molar-refractivity contribution in [2.24, 2.45) is 0 Å². The number of benzene rings is 1. The van der Waals surface area contributed by atoms with Crippen molar-refractivity contribution in [1.82, 2.24) is 0 Å². The van der Waals surface area contributed by atoms with Gasteiger partial charge in [-0.1, -0.05) is 0 Å². The largest absolute Gasteiger partial charge is 0.460 e. The van der Waals surface area contributed by atoms with Gasteiger partial charge in [0.25, 0.3) is 10.1 Å². The summed E-state index contributed by atoms with van der Waals surface area (Å²) in [5.74, 6) is -56.1. The molecule has 0 saturated carbocycles. The van der Waals surface area contributed by atoms with Crippen LogP contribution in [0, 0.1) is 0 Å². The smallest absolute Gasteiger partial charge is 0.430 e. The second-order valence-electron chi connectivity index (χ2n) is 6.58. The third-order valence-corrected chi connectivity index (χ3v) is 4.97. The fourth-order valence-corrected chi connectivity index (χ4v) is 2.54.